The molecule has 1 saturated carbocycles. The van der Waals surface area contributed by atoms with Gasteiger partial charge in [0, 0.05) is 27.8 Å². The predicted molar refractivity (Wildman–Crippen MR) is 80.1 cm³/mol. The highest BCUT2D eigenvalue weighted by molar-refractivity contribution is 6.07. The van der Waals surface area contributed by atoms with E-state index in [1.165, 1.54) is 40.2 Å². The Morgan fingerprint density at radius 2 is 1.84 bits per heavy atom. The third-order valence-electron chi connectivity index (χ3n) is 4.24. The molecule has 2 heteroatoms. The molecule has 0 aliphatic heterocycles. The zero-order valence-electron chi connectivity index (χ0n) is 10.9. The molecular weight excluding hydrogens is 232 g/mol. The Bertz CT molecular complexity index is 737. The molecule has 2 nitrogen and oxygen atoms in total. The lowest BCUT2D eigenvalue weighted by atomic mass is 10.00. The van der Waals surface area contributed by atoms with Crippen molar-refractivity contribution in [2.45, 2.75) is 25.3 Å². The molecule has 0 saturated heterocycles. The molecule has 0 amide bonds. The van der Waals surface area contributed by atoms with E-state index in [1.54, 1.807) is 0 Å². The van der Waals surface area contributed by atoms with E-state index in [4.69, 9.17) is 5.73 Å². The van der Waals surface area contributed by atoms with Gasteiger partial charge < -0.3 is 10.7 Å². The zero-order chi connectivity index (χ0) is 12.8. The van der Waals surface area contributed by atoms with E-state index in [9.17, 15) is 0 Å². The van der Waals surface area contributed by atoms with E-state index in [-0.39, 0.29) is 6.04 Å². The minimum absolute atomic E-state index is 0.186. The summed E-state index contributed by atoms with van der Waals surface area (Å²) in [6.45, 7) is 0. The highest BCUT2D eigenvalue weighted by Gasteiger charge is 2.24. The molecule has 2 aromatic carbocycles. The fourth-order valence-corrected chi connectivity index (χ4v) is 2.95. The average molecular weight is 250 g/mol. The van der Waals surface area contributed by atoms with Gasteiger partial charge in [0.15, 0.2) is 0 Å². The maximum Gasteiger partial charge on any atom is 0.0465 e. The molecule has 1 aliphatic rings. The monoisotopic (exact) mass is 250 g/mol. The number of fused-ring (bicyclic) bond motifs is 3. The van der Waals surface area contributed by atoms with Crippen molar-refractivity contribution in [3.8, 4) is 0 Å². The summed E-state index contributed by atoms with van der Waals surface area (Å²) in [4.78, 5) is 3.46. The second kappa shape index (κ2) is 4.10. The molecule has 1 aromatic heterocycles. The fourth-order valence-electron chi connectivity index (χ4n) is 2.95. The summed E-state index contributed by atoms with van der Waals surface area (Å²) in [7, 11) is 0. The normalized spacial score (nSPS) is 17.1. The number of hydrogen-bond acceptors (Lipinski definition) is 1. The molecule has 19 heavy (non-hydrogen) atoms. The predicted octanol–water partition coefficient (Wildman–Crippen LogP) is 4.12. The van der Waals surface area contributed by atoms with Gasteiger partial charge >= 0.3 is 0 Å². The van der Waals surface area contributed by atoms with Crippen LogP contribution >= 0.6 is 0 Å². The third-order valence-corrected chi connectivity index (χ3v) is 4.24. The molecule has 3 N–H and O–H groups in total. The van der Waals surface area contributed by atoms with Gasteiger partial charge in [-0.1, -0.05) is 37.1 Å². The summed E-state index contributed by atoms with van der Waals surface area (Å²) in [6, 6.07) is 15.2. The standard InChI is InChI=1S/C17H18N2/c18-15(9-11-5-6-11)12-7-8-17-14(10-12)13-3-1-2-4-16(13)19-17/h1-4,7-8,10-11,15,19H,5-6,9,18H2. The number of benzene rings is 2. The molecule has 1 aliphatic carbocycles. The molecule has 1 fully saturated rings. The number of aromatic nitrogens is 1. The van der Waals surface area contributed by atoms with Gasteiger partial charge in [0.25, 0.3) is 0 Å². The summed E-state index contributed by atoms with van der Waals surface area (Å²) >= 11 is 0. The molecule has 96 valence electrons. The van der Waals surface area contributed by atoms with Crippen LogP contribution in [0.25, 0.3) is 21.8 Å². The molecule has 1 atom stereocenters. The van der Waals surface area contributed by atoms with Crippen LogP contribution in [-0.4, -0.2) is 4.98 Å². The number of para-hydroxylation sites is 1. The highest BCUT2D eigenvalue weighted by Crippen LogP contribution is 2.37. The minimum Gasteiger partial charge on any atom is -0.355 e. The second-order valence-corrected chi connectivity index (χ2v) is 5.76. The van der Waals surface area contributed by atoms with E-state index >= 15 is 0 Å². The van der Waals surface area contributed by atoms with Crippen molar-refractivity contribution >= 4 is 21.8 Å². The fraction of sp³-hybridized carbons (Fsp3) is 0.294. The first-order valence-corrected chi connectivity index (χ1v) is 7.07. The number of rotatable bonds is 3. The van der Waals surface area contributed by atoms with E-state index in [0.717, 1.165) is 12.3 Å². The highest BCUT2D eigenvalue weighted by atomic mass is 14.7. The largest absolute Gasteiger partial charge is 0.355 e. The Morgan fingerprint density at radius 3 is 2.68 bits per heavy atom. The first-order valence-electron chi connectivity index (χ1n) is 7.07. The summed E-state index contributed by atoms with van der Waals surface area (Å²) in [6.07, 6.45) is 3.86. The summed E-state index contributed by atoms with van der Waals surface area (Å²) in [5, 5.41) is 2.58. The van der Waals surface area contributed by atoms with Crippen LogP contribution in [0.1, 0.15) is 30.9 Å². The lowest BCUT2D eigenvalue weighted by Crippen LogP contribution is -2.10. The van der Waals surface area contributed by atoms with E-state index < -0.39 is 0 Å². The van der Waals surface area contributed by atoms with Crippen LogP contribution < -0.4 is 5.73 Å². The molecule has 3 aromatic rings. The summed E-state index contributed by atoms with van der Waals surface area (Å²) in [5.41, 5.74) is 9.99. The van der Waals surface area contributed by atoms with Crippen molar-refractivity contribution in [2.75, 3.05) is 0 Å². The lowest BCUT2D eigenvalue weighted by molar-refractivity contribution is 0.597. The van der Waals surface area contributed by atoms with Gasteiger partial charge in [0.2, 0.25) is 0 Å². The van der Waals surface area contributed by atoms with Gasteiger partial charge in [-0.25, -0.2) is 0 Å². The van der Waals surface area contributed by atoms with Crippen LogP contribution in [0.15, 0.2) is 42.5 Å². The first-order chi connectivity index (χ1) is 9.31. The van der Waals surface area contributed by atoms with Crippen LogP contribution in [0.2, 0.25) is 0 Å². The van der Waals surface area contributed by atoms with Gasteiger partial charge in [-0.2, -0.15) is 0 Å². The smallest absolute Gasteiger partial charge is 0.0465 e. The zero-order valence-corrected chi connectivity index (χ0v) is 10.9. The molecule has 0 radical (unpaired) electrons. The van der Waals surface area contributed by atoms with Crippen LogP contribution in [0.5, 0.6) is 0 Å². The van der Waals surface area contributed by atoms with Crippen molar-refractivity contribution in [3.63, 3.8) is 0 Å². The Hall–Kier alpha value is -1.80. The maximum absolute atomic E-state index is 6.33. The third kappa shape index (κ3) is 1.92. The van der Waals surface area contributed by atoms with E-state index in [2.05, 4.69) is 47.4 Å². The lowest BCUT2D eigenvalue weighted by Gasteiger charge is -2.11. The number of aromatic amines is 1. The Morgan fingerprint density at radius 1 is 1.05 bits per heavy atom. The van der Waals surface area contributed by atoms with Gasteiger partial charge in [0.1, 0.15) is 0 Å². The Kier molecular flexibility index (Phi) is 2.39. The first kappa shape index (κ1) is 11.1. The van der Waals surface area contributed by atoms with Gasteiger partial charge in [-0.15, -0.1) is 0 Å². The molecular formula is C17H18N2. The van der Waals surface area contributed by atoms with Crippen LogP contribution in [0, 0.1) is 5.92 Å². The van der Waals surface area contributed by atoms with Crippen molar-refractivity contribution in [1.29, 1.82) is 0 Å². The maximum atomic E-state index is 6.33. The second-order valence-electron chi connectivity index (χ2n) is 5.76. The van der Waals surface area contributed by atoms with Crippen molar-refractivity contribution in [3.05, 3.63) is 48.0 Å². The van der Waals surface area contributed by atoms with E-state index in [1.807, 2.05) is 0 Å². The quantitative estimate of drug-likeness (QED) is 0.721. The number of nitrogens with one attached hydrogen (secondary N) is 1. The van der Waals surface area contributed by atoms with Crippen molar-refractivity contribution in [1.82, 2.24) is 4.98 Å². The molecule has 4 rings (SSSR count). The van der Waals surface area contributed by atoms with E-state index in [0.29, 0.717) is 0 Å². The Labute approximate surface area is 112 Å². The molecule has 0 spiro atoms. The average Bonchev–Trinajstić information content (AvgIpc) is 3.17. The minimum atomic E-state index is 0.186. The van der Waals surface area contributed by atoms with Crippen LogP contribution in [0.3, 0.4) is 0 Å². The number of nitrogens with two attached hydrogens (primary N) is 1. The van der Waals surface area contributed by atoms with Crippen molar-refractivity contribution in [2.24, 2.45) is 11.7 Å². The SMILES string of the molecule is NC(CC1CC1)c1ccc2[nH]c3ccccc3c2c1. The number of H-pyrrole nitrogens is 1. The summed E-state index contributed by atoms with van der Waals surface area (Å²) < 4.78 is 0. The van der Waals surface area contributed by atoms with Gasteiger partial charge in [-0.05, 0) is 36.1 Å². The Balaban J connectivity index is 1.82. The number of hydrogen-bond donors (Lipinski definition) is 2. The topological polar surface area (TPSA) is 41.8 Å². The molecule has 1 unspecified atom stereocenters. The van der Waals surface area contributed by atoms with Gasteiger partial charge in [-0.3, -0.25) is 0 Å². The van der Waals surface area contributed by atoms with Crippen molar-refractivity contribution < 1.29 is 0 Å². The summed E-state index contributed by atoms with van der Waals surface area (Å²) in [5.74, 6) is 0.869. The van der Waals surface area contributed by atoms with Crippen LogP contribution in [-0.2, 0) is 0 Å². The van der Waals surface area contributed by atoms with Gasteiger partial charge in [0.05, 0.1) is 0 Å². The molecule has 1 heterocycles. The molecule has 0 bridgehead atoms. The van der Waals surface area contributed by atoms with Crippen LogP contribution in [0.4, 0.5) is 0 Å².